The molecule has 3 nitrogen and oxygen atoms in total. The second-order valence-corrected chi connectivity index (χ2v) is 3.56. The largest absolute Gasteiger partial charge is 0.452 e. The van der Waals surface area contributed by atoms with Gasteiger partial charge in [-0.2, -0.15) is 0 Å². The number of H-pyrrole nitrogens is 1. The number of aromatic nitrogens is 1. The lowest BCUT2D eigenvalue weighted by Crippen LogP contribution is -1.97. The number of allylic oxidation sites excluding steroid dienone is 1. The third kappa shape index (κ3) is 1.34. The summed E-state index contributed by atoms with van der Waals surface area (Å²) in [5.41, 5.74) is 1.48. The number of aromatic amines is 1. The molecule has 0 unspecified atom stereocenters. The molecule has 0 fully saturated rings. The van der Waals surface area contributed by atoms with Crippen molar-refractivity contribution in [3.8, 4) is 5.75 Å². The summed E-state index contributed by atoms with van der Waals surface area (Å²) >= 11 is 0. The highest BCUT2D eigenvalue weighted by Gasteiger charge is 2.26. The van der Waals surface area contributed by atoms with Crippen molar-refractivity contribution in [2.75, 3.05) is 0 Å². The zero-order chi connectivity index (χ0) is 11.0. The minimum Gasteiger partial charge on any atom is -0.452 e. The number of Topliss-reactive ketones (excluding diaryl/α,β-unsaturated/α-hetero) is 1. The third-order valence-electron chi connectivity index (χ3n) is 2.48. The molecular formula is C13H9NO2. The average molecular weight is 211 g/mol. The number of ether oxygens (including phenoxy) is 1. The molecule has 0 amide bonds. The Hall–Kier alpha value is -2.29. The third-order valence-corrected chi connectivity index (χ3v) is 2.48. The first kappa shape index (κ1) is 8.97. The van der Waals surface area contributed by atoms with Gasteiger partial charge in [0.25, 0.3) is 0 Å². The lowest BCUT2D eigenvalue weighted by molar-refractivity contribution is 0.101. The van der Waals surface area contributed by atoms with Crippen LogP contribution in [0.25, 0.3) is 6.08 Å². The van der Waals surface area contributed by atoms with E-state index in [1.807, 2.05) is 24.3 Å². The number of hydrogen-bond acceptors (Lipinski definition) is 2. The molecule has 16 heavy (non-hydrogen) atoms. The molecule has 3 heteroatoms. The Balaban J connectivity index is 2.02. The van der Waals surface area contributed by atoms with Gasteiger partial charge in [0, 0.05) is 18.0 Å². The number of rotatable bonds is 1. The van der Waals surface area contributed by atoms with Crippen LogP contribution in [0.3, 0.4) is 0 Å². The molecule has 0 spiro atoms. The molecule has 0 bridgehead atoms. The van der Waals surface area contributed by atoms with Gasteiger partial charge in [-0.15, -0.1) is 0 Å². The van der Waals surface area contributed by atoms with Gasteiger partial charge in [0.05, 0.1) is 5.56 Å². The maximum absolute atomic E-state index is 11.9. The molecule has 0 radical (unpaired) electrons. The molecule has 0 aliphatic carbocycles. The Kier molecular flexibility index (Phi) is 1.90. The zero-order valence-electron chi connectivity index (χ0n) is 8.44. The molecule has 2 heterocycles. The molecule has 0 saturated carbocycles. The lowest BCUT2D eigenvalue weighted by Gasteiger charge is -1.95. The van der Waals surface area contributed by atoms with Crippen LogP contribution < -0.4 is 4.74 Å². The number of carbonyl (C=O) groups is 1. The molecule has 1 aliphatic heterocycles. The Labute approximate surface area is 92.4 Å². The first-order valence-corrected chi connectivity index (χ1v) is 5.01. The Morgan fingerprint density at radius 3 is 2.75 bits per heavy atom. The molecule has 0 atom stereocenters. The molecule has 1 aromatic heterocycles. The number of ketones is 1. The highest BCUT2D eigenvalue weighted by atomic mass is 16.5. The van der Waals surface area contributed by atoms with Gasteiger partial charge in [0.2, 0.25) is 5.78 Å². The monoisotopic (exact) mass is 211 g/mol. The average Bonchev–Trinajstić information content (AvgIpc) is 2.90. The van der Waals surface area contributed by atoms with E-state index in [9.17, 15) is 4.79 Å². The van der Waals surface area contributed by atoms with Crippen LogP contribution in [0, 0.1) is 0 Å². The van der Waals surface area contributed by atoms with Crippen LogP contribution in [0.4, 0.5) is 0 Å². The second-order valence-electron chi connectivity index (χ2n) is 3.56. The van der Waals surface area contributed by atoms with E-state index in [0.717, 1.165) is 5.69 Å². The topological polar surface area (TPSA) is 42.1 Å². The molecule has 1 aromatic carbocycles. The predicted molar refractivity (Wildman–Crippen MR) is 60.2 cm³/mol. The maximum atomic E-state index is 11.9. The SMILES string of the molecule is O=C1/C(=C/c2ccc[nH]2)Oc2ccccc21. The van der Waals surface area contributed by atoms with Crippen LogP contribution >= 0.6 is 0 Å². The van der Waals surface area contributed by atoms with Crippen molar-refractivity contribution in [3.05, 3.63) is 59.6 Å². The van der Waals surface area contributed by atoms with E-state index >= 15 is 0 Å². The Morgan fingerprint density at radius 1 is 1.12 bits per heavy atom. The smallest absolute Gasteiger partial charge is 0.232 e. The Bertz CT molecular complexity index is 567. The molecule has 3 rings (SSSR count). The Morgan fingerprint density at radius 2 is 2.00 bits per heavy atom. The summed E-state index contributed by atoms with van der Waals surface area (Å²) in [5, 5.41) is 0. The van der Waals surface area contributed by atoms with Crippen LogP contribution in [0.1, 0.15) is 16.1 Å². The van der Waals surface area contributed by atoms with Gasteiger partial charge >= 0.3 is 0 Å². The maximum Gasteiger partial charge on any atom is 0.232 e. The zero-order valence-corrected chi connectivity index (χ0v) is 8.44. The number of benzene rings is 1. The van der Waals surface area contributed by atoms with Gasteiger partial charge in [-0.3, -0.25) is 4.79 Å². The van der Waals surface area contributed by atoms with Crippen molar-refractivity contribution in [2.45, 2.75) is 0 Å². The van der Waals surface area contributed by atoms with Crippen molar-refractivity contribution in [1.82, 2.24) is 4.98 Å². The van der Waals surface area contributed by atoms with Crippen LogP contribution in [0.15, 0.2) is 48.4 Å². The number of carbonyl (C=O) groups excluding carboxylic acids is 1. The number of nitrogens with one attached hydrogen (secondary N) is 1. The summed E-state index contributed by atoms with van der Waals surface area (Å²) in [6.07, 6.45) is 3.52. The number of hydrogen-bond donors (Lipinski definition) is 1. The fourth-order valence-electron chi connectivity index (χ4n) is 1.71. The van der Waals surface area contributed by atoms with Crippen molar-refractivity contribution in [1.29, 1.82) is 0 Å². The summed E-state index contributed by atoms with van der Waals surface area (Å²) in [6, 6.07) is 11.0. The van der Waals surface area contributed by atoms with Gasteiger partial charge in [0.1, 0.15) is 5.75 Å². The normalized spacial score (nSPS) is 16.2. The summed E-state index contributed by atoms with van der Waals surface area (Å²) in [4.78, 5) is 14.9. The second kappa shape index (κ2) is 3.38. The minimum atomic E-state index is -0.0646. The highest BCUT2D eigenvalue weighted by molar-refractivity contribution is 6.14. The predicted octanol–water partition coefficient (Wildman–Crippen LogP) is 2.63. The molecular weight excluding hydrogens is 202 g/mol. The van der Waals surface area contributed by atoms with Crippen LogP contribution in [0.2, 0.25) is 0 Å². The van der Waals surface area contributed by atoms with Crippen molar-refractivity contribution in [3.63, 3.8) is 0 Å². The van der Waals surface area contributed by atoms with Gasteiger partial charge in [0.15, 0.2) is 5.76 Å². The number of fused-ring (bicyclic) bond motifs is 1. The quantitative estimate of drug-likeness (QED) is 0.737. The van der Waals surface area contributed by atoms with E-state index in [2.05, 4.69) is 4.98 Å². The fraction of sp³-hybridized carbons (Fsp3) is 0. The lowest BCUT2D eigenvalue weighted by atomic mass is 10.1. The standard InChI is InChI=1S/C13H9NO2/c15-13-10-5-1-2-6-11(10)16-12(13)8-9-4-3-7-14-9/h1-8,14H/b12-8-. The van der Waals surface area contributed by atoms with E-state index in [-0.39, 0.29) is 5.78 Å². The van der Waals surface area contributed by atoms with Crippen molar-refractivity contribution < 1.29 is 9.53 Å². The van der Waals surface area contributed by atoms with Crippen molar-refractivity contribution >= 4 is 11.9 Å². The minimum absolute atomic E-state index is 0.0646. The van der Waals surface area contributed by atoms with Crippen molar-refractivity contribution in [2.24, 2.45) is 0 Å². The van der Waals surface area contributed by atoms with E-state index in [1.54, 1.807) is 24.4 Å². The number of para-hydroxylation sites is 1. The summed E-state index contributed by atoms with van der Waals surface area (Å²) < 4.78 is 5.48. The van der Waals surface area contributed by atoms with Gasteiger partial charge in [-0.1, -0.05) is 12.1 Å². The molecule has 2 aromatic rings. The van der Waals surface area contributed by atoms with E-state index in [0.29, 0.717) is 17.1 Å². The van der Waals surface area contributed by atoms with Crippen LogP contribution in [-0.2, 0) is 0 Å². The molecule has 1 N–H and O–H groups in total. The molecule has 78 valence electrons. The van der Waals surface area contributed by atoms with Crippen LogP contribution in [0.5, 0.6) is 5.75 Å². The van der Waals surface area contributed by atoms with Gasteiger partial charge < -0.3 is 9.72 Å². The van der Waals surface area contributed by atoms with E-state index < -0.39 is 0 Å². The van der Waals surface area contributed by atoms with Gasteiger partial charge in [-0.25, -0.2) is 0 Å². The molecule has 0 saturated heterocycles. The van der Waals surface area contributed by atoms with E-state index in [4.69, 9.17) is 4.74 Å². The first-order valence-electron chi connectivity index (χ1n) is 5.01. The van der Waals surface area contributed by atoms with Gasteiger partial charge in [-0.05, 0) is 24.3 Å². The summed E-state index contributed by atoms with van der Waals surface area (Å²) in [7, 11) is 0. The summed E-state index contributed by atoms with van der Waals surface area (Å²) in [5.74, 6) is 0.930. The summed E-state index contributed by atoms with van der Waals surface area (Å²) in [6.45, 7) is 0. The first-order chi connectivity index (χ1) is 7.84. The fourth-order valence-corrected chi connectivity index (χ4v) is 1.71. The van der Waals surface area contributed by atoms with Crippen LogP contribution in [-0.4, -0.2) is 10.8 Å². The molecule has 1 aliphatic rings. The highest BCUT2D eigenvalue weighted by Crippen LogP contribution is 2.30. The van der Waals surface area contributed by atoms with E-state index in [1.165, 1.54) is 0 Å².